The van der Waals surface area contributed by atoms with Crippen LogP contribution in [0.1, 0.15) is 30.4 Å². The van der Waals surface area contributed by atoms with Gasteiger partial charge in [-0.25, -0.2) is 23.7 Å². The van der Waals surface area contributed by atoms with Crippen LogP contribution in [0.25, 0.3) is 11.3 Å². The van der Waals surface area contributed by atoms with Gasteiger partial charge in [-0.2, -0.15) is 0 Å². The van der Waals surface area contributed by atoms with Gasteiger partial charge in [-0.1, -0.05) is 6.07 Å². The fraction of sp³-hybridized carbons (Fsp3) is 0.429. The van der Waals surface area contributed by atoms with E-state index >= 15 is 0 Å². The van der Waals surface area contributed by atoms with Gasteiger partial charge in [-0.3, -0.25) is 9.89 Å². The van der Waals surface area contributed by atoms with E-state index in [1.807, 2.05) is 25.4 Å². The maximum atomic E-state index is 14.8. The molecule has 5 rings (SSSR count). The molecule has 0 radical (unpaired) electrons. The topological polar surface area (TPSA) is 90.4 Å². The number of benzene rings is 1. The molecule has 2 saturated heterocycles. The molecule has 0 atom stereocenters. The van der Waals surface area contributed by atoms with Crippen LogP contribution < -0.4 is 16.0 Å². The first-order chi connectivity index (χ1) is 18.5. The van der Waals surface area contributed by atoms with Crippen LogP contribution in [0.3, 0.4) is 0 Å². The van der Waals surface area contributed by atoms with Crippen LogP contribution in [0.2, 0.25) is 0 Å². The first-order valence-corrected chi connectivity index (χ1v) is 13.1. The van der Waals surface area contributed by atoms with Crippen molar-refractivity contribution in [2.45, 2.75) is 32.2 Å². The highest BCUT2D eigenvalue weighted by Crippen LogP contribution is 2.35. The number of nitrogens with zero attached hydrogens (tertiary/aromatic N) is 5. The van der Waals surface area contributed by atoms with E-state index in [2.05, 4.69) is 47.5 Å². The molecule has 0 aliphatic carbocycles. The number of nitrogens with one attached hydrogen (secondary N) is 3. The Morgan fingerprint density at radius 1 is 1.11 bits per heavy atom. The van der Waals surface area contributed by atoms with Crippen LogP contribution in [-0.2, 0) is 13.0 Å². The third-order valence-electron chi connectivity index (χ3n) is 7.58. The van der Waals surface area contributed by atoms with Crippen molar-refractivity contribution in [2.24, 2.45) is 10.4 Å². The SMILES string of the molecule is C=Nc1c(F)cc(-c2nc(Nc3ccc(CN4CCC5(CC4)CNC5)cn3)ncc2F)cc1CCCNC. The summed E-state index contributed by atoms with van der Waals surface area (Å²) in [5.74, 6) is -0.468. The van der Waals surface area contributed by atoms with Crippen molar-refractivity contribution in [3.05, 3.63) is 59.4 Å². The number of likely N-dealkylation sites (tertiary alicyclic amines) is 1. The summed E-state index contributed by atoms with van der Waals surface area (Å²) < 4.78 is 29.6. The molecule has 0 bridgehead atoms. The second kappa shape index (κ2) is 11.6. The number of hydrogen-bond donors (Lipinski definition) is 3. The van der Waals surface area contributed by atoms with E-state index < -0.39 is 11.6 Å². The van der Waals surface area contributed by atoms with E-state index in [1.165, 1.54) is 18.9 Å². The van der Waals surface area contributed by atoms with Crippen molar-refractivity contribution >= 4 is 24.2 Å². The zero-order chi connectivity index (χ0) is 26.5. The molecule has 3 N–H and O–H groups in total. The van der Waals surface area contributed by atoms with Crippen molar-refractivity contribution in [3.63, 3.8) is 0 Å². The molecule has 2 fully saturated rings. The standard InChI is InChI=1S/C28H34F2N8/c1-31-9-3-4-20-12-21(13-22(29)25(20)32-2)26-23(30)15-35-27(37-26)36-24-6-5-19(14-34-24)16-38-10-7-28(8-11-38)17-33-18-28/h5-6,12-15,31,33H,2-4,7-11,16-18H2,1H3,(H,34,35,36,37). The van der Waals surface area contributed by atoms with Gasteiger partial charge in [0, 0.05) is 31.4 Å². The molecular formula is C28H34F2N8. The van der Waals surface area contributed by atoms with E-state index in [0.29, 0.717) is 28.8 Å². The van der Waals surface area contributed by atoms with Crippen molar-refractivity contribution in [2.75, 3.05) is 45.1 Å². The molecule has 2 aliphatic rings. The number of piperidine rings is 1. The van der Waals surface area contributed by atoms with Crippen molar-refractivity contribution in [3.8, 4) is 11.3 Å². The average Bonchev–Trinajstić information content (AvgIpc) is 2.90. The number of aliphatic imine (C=N–C) groups is 1. The lowest BCUT2D eigenvalue weighted by atomic mass is 9.73. The van der Waals surface area contributed by atoms with Crippen LogP contribution >= 0.6 is 0 Å². The number of aryl methyl sites for hydroxylation is 1. The monoisotopic (exact) mass is 520 g/mol. The third kappa shape index (κ3) is 5.87. The molecule has 38 heavy (non-hydrogen) atoms. The Morgan fingerprint density at radius 2 is 1.92 bits per heavy atom. The number of rotatable bonds is 10. The van der Waals surface area contributed by atoms with E-state index in [1.54, 1.807) is 6.07 Å². The molecule has 4 heterocycles. The Balaban J connectivity index is 1.27. The van der Waals surface area contributed by atoms with Gasteiger partial charge in [0.05, 0.1) is 6.20 Å². The first kappa shape index (κ1) is 26.3. The van der Waals surface area contributed by atoms with E-state index in [0.717, 1.165) is 57.4 Å². The van der Waals surface area contributed by atoms with Crippen LogP contribution in [0.15, 0.2) is 41.7 Å². The second-order valence-corrected chi connectivity index (χ2v) is 10.3. The third-order valence-corrected chi connectivity index (χ3v) is 7.58. The predicted octanol–water partition coefficient (Wildman–Crippen LogP) is 4.23. The number of anilines is 2. The van der Waals surface area contributed by atoms with Crippen LogP contribution in [0.5, 0.6) is 0 Å². The van der Waals surface area contributed by atoms with Crippen molar-refractivity contribution < 1.29 is 8.78 Å². The second-order valence-electron chi connectivity index (χ2n) is 10.3. The number of hydrogen-bond acceptors (Lipinski definition) is 8. The summed E-state index contributed by atoms with van der Waals surface area (Å²) >= 11 is 0. The summed E-state index contributed by atoms with van der Waals surface area (Å²) in [6, 6.07) is 6.85. The van der Waals surface area contributed by atoms with Crippen LogP contribution in [0, 0.1) is 17.0 Å². The summed E-state index contributed by atoms with van der Waals surface area (Å²) in [6.45, 7) is 9.64. The molecule has 3 aromatic rings. The lowest BCUT2D eigenvalue weighted by Crippen LogP contribution is -2.58. The predicted molar refractivity (Wildman–Crippen MR) is 146 cm³/mol. The maximum absolute atomic E-state index is 14.8. The summed E-state index contributed by atoms with van der Waals surface area (Å²) in [4.78, 5) is 19.2. The van der Waals surface area contributed by atoms with E-state index in [-0.39, 0.29) is 17.3 Å². The molecule has 0 unspecified atom stereocenters. The molecule has 1 aromatic carbocycles. The molecular weight excluding hydrogens is 486 g/mol. The van der Waals surface area contributed by atoms with Gasteiger partial charge in [0.15, 0.2) is 5.82 Å². The van der Waals surface area contributed by atoms with Gasteiger partial charge in [0.25, 0.3) is 0 Å². The van der Waals surface area contributed by atoms with Crippen LogP contribution in [0.4, 0.5) is 26.2 Å². The van der Waals surface area contributed by atoms with Gasteiger partial charge < -0.3 is 16.0 Å². The highest BCUT2D eigenvalue weighted by atomic mass is 19.1. The van der Waals surface area contributed by atoms with E-state index in [4.69, 9.17) is 0 Å². The normalized spacial score (nSPS) is 16.8. The minimum atomic E-state index is -0.639. The maximum Gasteiger partial charge on any atom is 0.229 e. The van der Waals surface area contributed by atoms with E-state index in [9.17, 15) is 8.78 Å². The number of aromatic nitrogens is 3. The summed E-state index contributed by atoms with van der Waals surface area (Å²) in [7, 11) is 1.85. The van der Waals surface area contributed by atoms with Gasteiger partial charge >= 0.3 is 0 Å². The van der Waals surface area contributed by atoms with Gasteiger partial charge in [0.1, 0.15) is 23.0 Å². The smallest absolute Gasteiger partial charge is 0.229 e. The lowest BCUT2D eigenvalue weighted by molar-refractivity contribution is 0.0520. The Hall–Kier alpha value is -3.34. The quantitative estimate of drug-likeness (QED) is 0.272. The van der Waals surface area contributed by atoms with Gasteiger partial charge in [-0.15, -0.1) is 0 Å². The fourth-order valence-corrected chi connectivity index (χ4v) is 5.23. The summed E-state index contributed by atoms with van der Waals surface area (Å²) in [5.41, 5.74) is 2.83. The summed E-state index contributed by atoms with van der Waals surface area (Å²) in [6.07, 6.45) is 6.76. The zero-order valence-corrected chi connectivity index (χ0v) is 21.7. The Morgan fingerprint density at radius 3 is 2.58 bits per heavy atom. The van der Waals surface area contributed by atoms with Crippen molar-refractivity contribution in [1.29, 1.82) is 0 Å². The lowest BCUT2D eigenvalue weighted by Gasteiger charge is -2.48. The minimum absolute atomic E-state index is 0.00744. The van der Waals surface area contributed by atoms with Crippen LogP contribution in [-0.4, -0.2) is 66.3 Å². The Kier molecular flexibility index (Phi) is 8.01. The fourth-order valence-electron chi connectivity index (χ4n) is 5.23. The first-order valence-electron chi connectivity index (χ1n) is 13.1. The molecule has 0 saturated carbocycles. The molecule has 200 valence electrons. The molecule has 10 heteroatoms. The van der Waals surface area contributed by atoms with Gasteiger partial charge in [0.2, 0.25) is 5.95 Å². The number of halogens is 2. The summed E-state index contributed by atoms with van der Waals surface area (Å²) in [5, 5.41) is 9.51. The molecule has 2 aliphatic heterocycles. The zero-order valence-electron chi connectivity index (χ0n) is 21.7. The Labute approximate surface area is 222 Å². The molecule has 2 aromatic heterocycles. The molecule has 8 nitrogen and oxygen atoms in total. The minimum Gasteiger partial charge on any atom is -0.320 e. The molecule has 1 spiro atoms. The molecule has 0 amide bonds. The average molecular weight is 521 g/mol. The largest absolute Gasteiger partial charge is 0.320 e. The highest BCUT2D eigenvalue weighted by molar-refractivity contribution is 5.68. The Bertz CT molecular complexity index is 1270. The van der Waals surface area contributed by atoms with Crippen molar-refractivity contribution in [1.82, 2.24) is 30.5 Å². The highest BCUT2D eigenvalue weighted by Gasteiger charge is 2.39. The van der Waals surface area contributed by atoms with Gasteiger partial charge in [-0.05, 0) is 93.8 Å². The number of pyridine rings is 1.